The first-order chi connectivity index (χ1) is 12.1. The summed E-state index contributed by atoms with van der Waals surface area (Å²) in [6.07, 6.45) is 2.51. The molecule has 1 aliphatic rings. The molecule has 25 heavy (non-hydrogen) atoms. The Morgan fingerprint density at radius 1 is 1.08 bits per heavy atom. The number of benzene rings is 2. The van der Waals surface area contributed by atoms with Crippen LogP contribution in [0.5, 0.6) is 5.75 Å². The third-order valence-electron chi connectivity index (χ3n) is 4.75. The summed E-state index contributed by atoms with van der Waals surface area (Å²) in [6.45, 7) is 6.94. The number of para-hydroxylation sites is 1. The first-order valence-electron chi connectivity index (χ1n) is 9.00. The van der Waals surface area contributed by atoms with Gasteiger partial charge in [0, 0.05) is 6.54 Å². The highest BCUT2D eigenvalue weighted by Crippen LogP contribution is 2.31. The Labute approximate surface area is 147 Å². The second-order valence-electron chi connectivity index (χ2n) is 7.00. The van der Waals surface area contributed by atoms with Crippen molar-refractivity contribution in [3.63, 3.8) is 0 Å². The van der Waals surface area contributed by atoms with Crippen LogP contribution in [0.3, 0.4) is 0 Å². The SMILES string of the molecule is CC(C)Oc1ccc2c(=O)c3ccccc3oc2c1CN1CCCC1. The molecule has 0 bridgehead atoms. The molecule has 0 aliphatic carbocycles. The molecule has 0 radical (unpaired) electrons. The normalized spacial score (nSPS) is 15.5. The van der Waals surface area contributed by atoms with Crippen LogP contribution in [0.2, 0.25) is 0 Å². The molecular weight excluding hydrogens is 314 g/mol. The number of rotatable bonds is 4. The third kappa shape index (κ3) is 3.02. The molecule has 4 heteroatoms. The summed E-state index contributed by atoms with van der Waals surface area (Å²) in [5.74, 6) is 0.813. The second kappa shape index (κ2) is 6.52. The first kappa shape index (κ1) is 16.2. The fourth-order valence-corrected chi connectivity index (χ4v) is 3.58. The molecule has 0 saturated carbocycles. The summed E-state index contributed by atoms with van der Waals surface area (Å²) in [4.78, 5) is 15.3. The van der Waals surface area contributed by atoms with Gasteiger partial charge in [-0.1, -0.05) is 12.1 Å². The van der Waals surface area contributed by atoms with Crippen LogP contribution in [0.1, 0.15) is 32.3 Å². The Kier molecular flexibility index (Phi) is 4.22. The van der Waals surface area contributed by atoms with Gasteiger partial charge in [0.05, 0.1) is 22.4 Å². The molecule has 130 valence electrons. The lowest BCUT2D eigenvalue weighted by molar-refractivity contribution is 0.234. The number of hydrogen-bond donors (Lipinski definition) is 0. The van der Waals surface area contributed by atoms with Gasteiger partial charge in [0.1, 0.15) is 16.9 Å². The maximum absolute atomic E-state index is 12.9. The smallest absolute Gasteiger partial charge is 0.200 e. The fraction of sp³-hybridized carbons (Fsp3) is 0.381. The maximum atomic E-state index is 12.9. The van der Waals surface area contributed by atoms with Gasteiger partial charge in [-0.25, -0.2) is 0 Å². The van der Waals surface area contributed by atoms with E-state index in [2.05, 4.69) is 4.90 Å². The van der Waals surface area contributed by atoms with Crippen LogP contribution in [0.25, 0.3) is 21.9 Å². The van der Waals surface area contributed by atoms with E-state index >= 15 is 0 Å². The van der Waals surface area contributed by atoms with Gasteiger partial charge in [0.15, 0.2) is 0 Å². The van der Waals surface area contributed by atoms with E-state index in [1.807, 2.05) is 50.2 Å². The molecular formula is C21H23NO3. The van der Waals surface area contributed by atoms with Crippen LogP contribution in [-0.4, -0.2) is 24.1 Å². The zero-order chi connectivity index (χ0) is 17.4. The summed E-state index contributed by atoms with van der Waals surface area (Å²) < 4.78 is 12.2. The lowest BCUT2D eigenvalue weighted by Crippen LogP contribution is -2.20. The van der Waals surface area contributed by atoms with Crippen LogP contribution >= 0.6 is 0 Å². The highest BCUT2D eigenvalue weighted by Gasteiger charge is 2.20. The van der Waals surface area contributed by atoms with E-state index in [1.54, 1.807) is 0 Å². The predicted octanol–water partition coefficient (Wildman–Crippen LogP) is 4.33. The molecule has 0 amide bonds. The van der Waals surface area contributed by atoms with Crippen molar-refractivity contribution >= 4 is 21.9 Å². The minimum atomic E-state index is 0.0237. The average Bonchev–Trinajstić information content (AvgIpc) is 3.10. The Balaban J connectivity index is 1.95. The van der Waals surface area contributed by atoms with Crippen molar-refractivity contribution in [1.29, 1.82) is 0 Å². The van der Waals surface area contributed by atoms with Gasteiger partial charge < -0.3 is 9.15 Å². The minimum absolute atomic E-state index is 0.0237. The maximum Gasteiger partial charge on any atom is 0.200 e. The zero-order valence-corrected chi connectivity index (χ0v) is 14.7. The van der Waals surface area contributed by atoms with Crippen molar-refractivity contribution in [2.75, 3.05) is 13.1 Å². The molecule has 1 saturated heterocycles. The Bertz CT molecular complexity index is 968. The van der Waals surface area contributed by atoms with Gasteiger partial charge in [-0.2, -0.15) is 0 Å². The van der Waals surface area contributed by atoms with E-state index < -0.39 is 0 Å². The number of nitrogens with zero attached hydrogens (tertiary/aromatic N) is 1. The standard InChI is InChI=1S/C21H23NO3/c1-14(2)24-19-10-9-16-20(23)15-7-3-4-8-18(15)25-21(16)17(19)13-22-11-5-6-12-22/h3-4,7-10,14H,5-6,11-13H2,1-2H3. The van der Waals surface area contributed by atoms with Gasteiger partial charge in [-0.3, -0.25) is 9.69 Å². The topological polar surface area (TPSA) is 42.7 Å². The Morgan fingerprint density at radius 2 is 1.84 bits per heavy atom. The Morgan fingerprint density at radius 3 is 2.60 bits per heavy atom. The van der Waals surface area contributed by atoms with Crippen LogP contribution in [0, 0.1) is 0 Å². The highest BCUT2D eigenvalue weighted by molar-refractivity contribution is 5.92. The largest absolute Gasteiger partial charge is 0.491 e. The summed E-state index contributed by atoms with van der Waals surface area (Å²) >= 11 is 0. The molecule has 2 aromatic carbocycles. The quantitative estimate of drug-likeness (QED) is 0.665. The molecule has 1 fully saturated rings. The van der Waals surface area contributed by atoms with E-state index in [-0.39, 0.29) is 11.5 Å². The van der Waals surface area contributed by atoms with Crippen LogP contribution in [-0.2, 0) is 6.54 Å². The van der Waals surface area contributed by atoms with Crippen molar-refractivity contribution in [3.05, 3.63) is 52.2 Å². The van der Waals surface area contributed by atoms with E-state index in [4.69, 9.17) is 9.15 Å². The molecule has 0 atom stereocenters. The molecule has 1 aromatic heterocycles. The number of hydrogen-bond acceptors (Lipinski definition) is 4. The van der Waals surface area contributed by atoms with Crippen molar-refractivity contribution in [3.8, 4) is 5.75 Å². The summed E-state index contributed by atoms with van der Waals surface area (Å²) in [6, 6.07) is 11.2. The van der Waals surface area contributed by atoms with Crippen molar-refractivity contribution in [1.82, 2.24) is 4.90 Å². The van der Waals surface area contributed by atoms with Crippen molar-refractivity contribution in [2.45, 2.75) is 39.3 Å². The lowest BCUT2D eigenvalue weighted by atomic mass is 10.1. The summed E-state index contributed by atoms with van der Waals surface area (Å²) in [5.41, 5.74) is 2.30. The van der Waals surface area contributed by atoms with Crippen LogP contribution < -0.4 is 10.2 Å². The van der Waals surface area contributed by atoms with Gasteiger partial charge in [0.25, 0.3) is 0 Å². The molecule has 0 N–H and O–H groups in total. The van der Waals surface area contributed by atoms with Gasteiger partial charge in [-0.05, 0) is 64.0 Å². The molecule has 1 aliphatic heterocycles. The molecule has 0 unspecified atom stereocenters. The molecule has 4 nitrogen and oxygen atoms in total. The Hall–Kier alpha value is -2.33. The van der Waals surface area contributed by atoms with Crippen LogP contribution in [0.15, 0.2) is 45.6 Å². The van der Waals surface area contributed by atoms with Crippen LogP contribution in [0.4, 0.5) is 0 Å². The lowest BCUT2D eigenvalue weighted by Gasteiger charge is -2.20. The van der Waals surface area contributed by atoms with Gasteiger partial charge in [-0.15, -0.1) is 0 Å². The van der Waals surface area contributed by atoms with E-state index in [0.29, 0.717) is 21.9 Å². The minimum Gasteiger partial charge on any atom is -0.491 e. The number of fused-ring (bicyclic) bond motifs is 2. The van der Waals surface area contributed by atoms with E-state index in [0.717, 1.165) is 30.9 Å². The fourth-order valence-electron chi connectivity index (χ4n) is 3.58. The molecule has 4 rings (SSSR count). The highest BCUT2D eigenvalue weighted by atomic mass is 16.5. The monoisotopic (exact) mass is 337 g/mol. The number of likely N-dealkylation sites (tertiary alicyclic amines) is 1. The number of ether oxygens (including phenoxy) is 1. The predicted molar refractivity (Wildman–Crippen MR) is 100 cm³/mol. The zero-order valence-electron chi connectivity index (χ0n) is 14.7. The third-order valence-corrected chi connectivity index (χ3v) is 4.75. The van der Waals surface area contributed by atoms with E-state index in [1.165, 1.54) is 12.8 Å². The first-order valence-corrected chi connectivity index (χ1v) is 9.00. The van der Waals surface area contributed by atoms with Gasteiger partial charge in [0.2, 0.25) is 5.43 Å². The average molecular weight is 337 g/mol. The second-order valence-corrected chi connectivity index (χ2v) is 7.00. The summed E-state index contributed by atoms with van der Waals surface area (Å²) in [5, 5.41) is 1.25. The van der Waals surface area contributed by atoms with Crippen molar-refractivity contribution < 1.29 is 9.15 Å². The molecule has 0 spiro atoms. The van der Waals surface area contributed by atoms with Crippen molar-refractivity contribution in [2.24, 2.45) is 0 Å². The van der Waals surface area contributed by atoms with Gasteiger partial charge >= 0.3 is 0 Å². The molecule has 3 aromatic rings. The molecule has 2 heterocycles. The van der Waals surface area contributed by atoms with E-state index in [9.17, 15) is 4.79 Å². The summed E-state index contributed by atoms with van der Waals surface area (Å²) in [7, 11) is 0.